The topological polar surface area (TPSA) is 56.8 Å². The fourth-order valence-electron chi connectivity index (χ4n) is 2.83. The van der Waals surface area contributed by atoms with Crippen molar-refractivity contribution in [2.24, 2.45) is 0 Å². The second kappa shape index (κ2) is 9.10. The smallest absolute Gasteiger partial charge is 0.259 e. The minimum Gasteiger partial charge on any atom is -0.493 e. The highest BCUT2D eigenvalue weighted by atomic mass is 19.1. The van der Waals surface area contributed by atoms with Crippen LogP contribution in [0.25, 0.3) is 0 Å². The molecule has 0 aliphatic carbocycles. The van der Waals surface area contributed by atoms with Gasteiger partial charge < -0.3 is 19.5 Å². The monoisotopic (exact) mass is 395 g/mol. The highest BCUT2D eigenvalue weighted by Crippen LogP contribution is 2.33. The fraction of sp³-hybridized carbons (Fsp3) is 0.174. The molecule has 0 fully saturated rings. The number of carbonyl (C=O) groups is 1. The molecule has 6 heteroatoms. The summed E-state index contributed by atoms with van der Waals surface area (Å²) in [5, 5.41) is 2.89. The molecule has 0 bridgehead atoms. The van der Waals surface area contributed by atoms with E-state index in [1.54, 1.807) is 55.6 Å². The standard InChI is InChI=1S/C23H22FNO4/c1-15-12-21(27-2)22(28-3)13-19(15)25-23(26)18-6-4-5-7-20(18)29-14-16-8-10-17(24)11-9-16/h4-13H,14H2,1-3H3,(H,25,26). The van der Waals surface area contributed by atoms with E-state index >= 15 is 0 Å². The number of nitrogens with one attached hydrogen (secondary N) is 1. The number of halogens is 1. The van der Waals surface area contributed by atoms with E-state index in [0.29, 0.717) is 28.5 Å². The van der Waals surface area contributed by atoms with Crippen LogP contribution < -0.4 is 19.5 Å². The molecule has 0 radical (unpaired) electrons. The lowest BCUT2D eigenvalue weighted by Crippen LogP contribution is -2.14. The summed E-state index contributed by atoms with van der Waals surface area (Å²) in [4.78, 5) is 12.9. The maximum Gasteiger partial charge on any atom is 0.259 e. The third-order valence-electron chi connectivity index (χ3n) is 4.42. The molecule has 3 rings (SSSR count). The molecule has 0 aliphatic rings. The molecular weight excluding hydrogens is 373 g/mol. The van der Waals surface area contributed by atoms with Gasteiger partial charge in [-0.1, -0.05) is 24.3 Å². The minimum absolute atomic E-state index is 0.222. The van der Waals surface area contributed by atoms with Crippen LogP contribution in [0.5, 0.6) is 17.2 Å². The second-order valence-electron chi connectivity index (χ2n) is 6.39. The molecule has 3 aromatic carbocycles. The van der Waals surface area contributed by atoms with Crippen molar-refractivity contribution in [3.05, 3.63) is 83.2 Å². The van der Waals surface area contributed by atoms with Crippen LogP contribution in [0.3, 0.4) is 0 Å². The Morgan fingerprint density at radius 1 is 0.931 bits per heavy atom. The van der Waals surface area contributed by atoms with Crippen LogP contribution in [0.15, 0.2) is 60.7 Å². The lowest BCUT2D eigenvalue weighted by molar-refractivity contribution is 0.102. The zero-order chi connectivity index (χ0) is 20.8. The number of hydrogen-bond acceptors (Lipinski definition) is 4. The van der Waals surface area contributed by atoms with Crippen molar-refractivity contribution in [1.82, 2.24) is 0 Å². The van der Waals surface area contributed by atoms with E-state index < -0.39 is 0 Å². The molecular formula is C23H22FNO4. The highest BCUT2D eigenvalue weighted by Gasteiger charge is 2.15. The van der Waals surface area contributed by atoms with Gasteiger partial charge in [0, 0.05) is 11.8 Å². The molecule has 0 saturated heterocycles. The average Bonchev–Trinajstić information content (AvgIpc) is 2.74. The van der Waals surface area contributed by atoms with Gasteiger partial charge in [0.15, 0.2) is 11.5 Å². The summed E-state index contributed by atoms with van der Waals surface area (Å²) >= 11 is 0. The van der Waals surface area contributed by atoms with Crippen LogP contribution in [0.2, 0.25) is 0 Å². The van der Waals surface area contributed by atoms with E-state index in [1.807, 2.05) is 6.92 Å². The summed E-state index contributed by atoms with van der Waals surface area (Å²) in [6.07, 6.45) is 0. The number of ether oxygens (including phenoxy) is 3. The van der Waals surface area contributed by atoms with Crippen LogP contribution in [-0.4, -0.2) is 20.1 Å². The van der Waals surface area contributed by atoms with Gasteiger partial charge in [-0.2, -0.15) is 0 Å². The zero-order valence-corrected chi connectivity index (χ0v) is 16.5. The fourth-order valence-corrected chi connectivity index (χ4v) is 2.83. The summed E-state index contributed by atoms with van der Waals surface area (Å²) in [5.41, 5.74) is 2.64. The van der Waals surface area contributed by atoms with Crippen LogP contribution in [0.1, 0.15) is 21.5 Å². The van der Waals surface area contributed by atoms with E-state index in [2.05, 4.69) is 5.32 Å². The van der Waals surface area contributed by atoms with Gasteiger partial charge in [-0.15, -0.1) is 0 Å². The first-order chi connectivity index (χ1) is 14.0. The predicted octanol–water partition coefficient (Wildman–Crippen LogP) is 4.98. The van der Waals surface area contributed by atoms with Crippen molar-refractivity contribution in [1.29, 1.82) is 0 Å². The van der Waals surface area contributed by atoms with Gasteiger partial charge >= 0.3 is 0 Å². The van der Waals surface area contributed by atoms with Crippen LogP contribution in [0, 0.1) is 12.7 Å². The molecule has 0 aliphatic heterocycles. The number of methoxy groups -OCH3 is 2. The predicted molar refractivity (Wildman–Crippen MR) is 109 cm³/mol. The second-order valence-corrected chi connectivity index (χ2v) is 6.39. The summed E-state index contributed by atoms with van der Waals surface area (Å²) in [5.74, 6) is 0.932. The van der Waals surface area contributed by atoms with Gasteiger partial charge in [-0.25, -0.2) is 4.39 Å². The third-order valence-corrected chi connectivity index (χ3v) is 4.42. The number of amides is 1. The van der Waals surface area contributed by atoms with Crippen LogP contribution in [-0.2, 0) is 6.61 Å². The van der Waals surface area contributed by atoms with E-state index in [0.717, 1.165) is 11.1 Å². The first-order valence-corrected chi connectivity index (χ1v) is 9.02. The number of para-hydroxylation sites is 1. The van der Waals surface area contributed by atoms with Crippen molar-refractivity contribution < 1.29 is 23.4 Å². The van der Waals surface area contributed by atoms with E-state index in [4.69, 9.17) is 14.2 Å². The highest BCUT2D eigenvalue weighted by molar-refractivity contribution is 6.06. The summed E-state index contributed by atoms with van der Waals surface area (Å²) in [6, 6.07) is 16.5. The van der Waals surface area contributed by atoms with E-state index in [1.165, 1.54) is 19.2 Å². The Kier molecular flexibility index (Phi) is 6.34. The van der Waals surface area contributed by atoms with Crippen molar-refractivity contribution in [3.63, 3.8) is 0 Å². The van der Waals surface area contributed by atoms with Crippen LogP contribution in [0.4, 0.5) is 10.1 Å². The third kappa shape index (κ3) is 4.85. The number of aryl methyl sites for hydroxylation is 1. The Morgan fingerprint density at radius 2 is 1.59 bits per heavy atom. The Labute approximate surface area is 169 Å². The molecule has 3 aromatic rings. The molecule has 150 valence electrons. The Balaban J connectivity index is 1.79. The Hall–Kier alpha value is -3.54. The van der Waals surface area contributed by atoms with Gasteiger partial charge in [0.05, 0.1) is 19.8 Å². The molecule has 1 N–H and O–H groups in total. The minimum atomic E-state index is -0.310. The molecule has 1 amide bonds. The quantitative estimate of drug-likeness (QED) is 0.613. The van der Waals surface area contributed by atoms with Crippen molar-refractivity contribution in [3.8, 4) is 17.2 Å². The summed E-state index contributed by atoms with van der Waals surface area (Å²) < 4.78 is 29.4. The number of hydrogen-bond donors (Lipinski definition) is 1. The van der Waals surface area contributed by atoms with Gasteiger partial charge in [-0.3, -0.25) is 4.79 Å². The largest absolute Gasteiger partial charge is 0.493 e. The molecule has 5 nitrogen and oxygen atoms in total. The molecule has 0 heterocycles. The first-order valence-electron chi connectivity index (χ1n) is 9.02. The van der Waals surface area contributed by atoms with Crippen LogP contribution >= 0.6 is 0 Å². The number of benzene rings is 3. The van der Waals surface area contributed by atoms with Crippen molar-refractivity contribution in [2.45, 2.75) is 13.5 Å². The maximum absolute atomic E-state index is 13.1. The van der Waals surface area contributed by atoms with E-state index in [-0.39, 0.29) is 18.3 Å². The molecule has 0 unspecified atom stereocenters. The van der Waals surface area contributed by atoms with Crippen molar-refractivity contribution >= 4 is 11.6 Å². The summed E-state index contributed by atoms with van der Waals surface area (Å²) in [7, 11) is 3.10. The van der Waals surface area contributed by atoms with Gasteiger partial charge in [-0.05, 0) is 48.4 Å². The van der Waals surface area contributed by atoms with E-state index in [9.17, 15) is 9.18 Å². The maximum atomic E-state index is 13.1. The molecule has 29 heavy (non-hydrogen) atoms. The van der Waals surface area contributed by atoms with Gasteiger partial charge in [0.1, 0.15) is 18.2 Å². The first kappa shape index (κ1) is 20.2. The SMILES string of the molecule is COc1cc(C)c(NC(=O)c2ccccc2OCc2ccc(F)cc2)cc1OC. The Bertz CT molecular complexity index is 1000. The number of anilines is 1. The van der Waals surface area contributed by atoms with Gasteiger partial charge in [0.25, 0.3) is 5.91 Å². The molecule has 0 saturated carbocycles. The number of carbonyl (C=O) groups excluding carboxylic acids is 1. The summed E-state index contributed by atoms with van der Waals surface area (Å²) in [6.45, 7) is 2.09. The molecule has 0 aromatic heterocycles. The normalized spacial score (nSPS) is 10.3. The lowest BCUT2D eigenvalue weighted by Gasteiger charge is -2.15. The van der Waals surface area contributed by atoms with Crippen molar-refractivity contribution in [2.75, 3.05) is 19.5 Å². The zero-order valence-electron chi connectivity index (χ0n) is 16.5. The lowest BCUT2D eigenvalue weighted by atomic mass is 10.1. The average molecular weight is 395 g/mol. The molecule has 0 spiro atoms. The van der Waals surface area contributed by atoms with Gasteiger partial charge in [0.2, 0.25) is 0 Å². The Morgan fingerprint density at radius 3 is 2.28 bits per heavy atom. The number of rotatable bonds is 7. The molecule has 0 atom stereocenters.